The number of hydrogen-bond donors (Lipinski definition) is 2. The molecule has 2 heterocycles. The zero-order chi connectivity index (χ0) is 27.1. The third-order valence-electron chi connectivity index (χ3n) is 7.95. The molecule has 2 amide bonds. The molecule has 1 saturated carbocycles. The van der Waals surface area contributed by atoms with Gasteiger partial charge in [0.2, 0.25) is 5.91 Å². The van der Waals surface area contributed by atoms with Crippen molar-refractivity contribution in [2.45, 2.75) is 24.8 Å². The standard InChI is InChI=1S/C31H29N3O5/c35-28-25(19-5-2-1-3-6-19)27(32-24-8-4-7-23(26(24)28)31(38)39)20-9-11-21(12-10-20)29(36)33-15-17-34(18-16-33)30(37)22-13-14-22/h1-12,22,25,27,32H,13-18H2,(H,38,39). The number of piperazine rings is 1. The maximum Gasteiger partial charge on any atom is 0.336 e. The Hall–Kier alpha value is -4.46. The number of carbonyl (C=O) groups is 4. The number of benzene rings is 3. The number of rotatable bonds is 5. The van der Waals surface area contributed by atoms with E-state index < -0.39 is 17.9 Å². The Morgan fingerprint density at radius 3 is 2.08 bits per heavy atom. The summed E-state index contributed by atoms with van der Waals surface area (Å²) in [5.74, 6) is -1.72. The van der Waals surface area contributed by atoms with Crippen molar-refractivity contribution < 1.29 is 24.3 Å². The molecule has 1 aliphatic carbocycles. The first-order chi connectivity index (χ1) is 18.9. The second kappa shape index (κ2) is 10.0. The van der Waals surface area contributed by atoms with E-state index in [9.17, 15) is 24.3 Å². The van der Waals surface area contributed by atoms with Crippen molar-refractivity contribution in [1.82, 2.24) is 9.80 Å². The Kier molecular flexibility index (Phi) is 6.38. The van der Waals surface area contributed by atoms with Gasteiger partial charge in [0.05, 0.1) is 23.1 Å². The Labute approximate surface area is 226 Å². The number of Topliss-reactive ketones (excluding diaryl/α,β-unsaturated/α-hetero) is 1. The molecule has 0 spiro atoms. The maximum absolute atomic E-state index is 13.8. The van der Waals surface area contributed by atoms with E-state index in [1.54, 1.807) is 29.2 Å². The lowest BCUT2D eigenvalue weighted by Gasteiger charge is -2.35. The molecule has 0 bridgehead atoms. The summed E-state index contributed by atoms with van der Waals surface area (Å²) < 4.78 is 0. The summed E-state index contributed by atoms with van der Waals surface area (Å²) in [4.78, 5) is 54.9. The summed E-state index contributed by atoms with van der Waals surface area (Å²) in [5.41, 5.74) is 2.79. The van der Waals surface area contributed by atoms with E-state index in [2.05, 4.69) is 5.32 Å². The van der Waals surface area contributed by atoms with E-state index in [1.165, 1.54) is 6.07 Å². The second-order valence-electron chi connectivity index (χ2n) is 10.4. The number of amides is 2. The van der Waals surface area contributed by atoms with Gasteiger partial charge in [-0.25, -0.2) is 4.79 Å². The molecule has 3 aromatic carbocycles. The lowest BCUT2D eigenvalue weighted by molar-refractivity contribution is -0.134. The van der Waals surface area contributed by atoms with Crippen LogP contribution in [0.5, 0.6) is 0 Å². The molecule has 3 aliphatic rings. The van der Waals surface area contributed by atoms with E-state index in [-0.39, 0.29) is 34.6 Å². The van der Waals surface area contributed by atoms with Gasteiger partial charge in [0.25, 0.3) is 5.91 Å². The molecule has 8 nitrogen and oxygen atoms in total. The SMILES string of the molecule is O=C(O)c1cccc2c1C(=O)C(c1ccccc1)C(c1ccc(C(=O)N3CCN(C(=O)C4CC4)CC3)cc1)N2. The zero-order valence-electron chi connectivity index (χ0n) is 21.4. The van der Waals surface area contributed by atoms with Gasteiger partial charge in [-0.15, -0.1) is 0 Å². The third-order valence-corrected chi connectivity index (χ3v) is 7.95. The van der Waals surface area contributed by atoms with Crippen LogP contribution in [0.25, 0.3) is 0 Å². The highest BCUT2D eigenvalue weighted by Gasteiger charge is 2.40. The molecule has 6 rings (SSSR count). The van der Waals surface area contributed by atoms with Crippen LogP contribution in [0.15, 0.2) is 72.8 Å². The minimum absolute atomic E-state index is 0.0238. The highest BCUT2D eigenvalue weighted by molar-refractivity contribution is 6.14. The molecule has 2 unspecified atom stereocenters. The average molecular weight is 524 g/mol. The van der Waals surface area contributed by atoms with Gasteiger partial charge in [-0.05, 0) is 48.2 Å². The van der Waals surface area contributed by atoms with Gasteiger partial charge >= 0.3 is 5.97 Å². The summed E-state index contributed by atoms with van der Waals surface area (Å²) in [6.45, 7) is 2.14. The highest BCUT2D eigenvalue weighted by Crippen LogP contribution is 2.43. The Morgan fingerprint density at radius 1 is 0.769 bits per heavy atom. The Balaban J connectivity index is 1.25. The quantitative estimate of drug-likeness (QED) is 0.519. The van der Waals surface area contributed by atoms with Gasteiger partial charge in [0, 0.05) is 43.3 Å². The largest absolute Gasteiger partial charge is 0.478 e. The lowest BCUT2D eigenvalue weighted by atomic mass is 9.77. The minimum Gasteiger partial charge on any atom is -0.478 e. The van der Waals surface area contributed by atoms with Crippen LogP contribution in [0.3, 0.4) is 0 Å². The predicted octanol–water partition coefficient (Wildman–Crippen LogP) is 4.21. The van der Waals surface area contributed by atoms with Gasteiger partial charge in [-0.3, -0.25) is 14.4 Å². The number of nitrogens with zero attached hydrogens (tertiary/aromatic N) is 2. The topological polar surface area (TPSA) is 107 Å². The fraction of sp³-hybridized carbons (Fsp3) is 0.290. The monoisotopic (exact) mass is 523 g/mol. The molecule has 2 N–H and O–H groups in total. The minimum atomic E-state index is -1.15. The van der Waals surface area contributed by atoms with Crippen LogP contribution in [0.1, 0.15) is 67.0 Å². The van der Waals surface area contributed by atoms with Crippen LogP contribution in [-0.4, -0.2) is 64.7 Å². The molecule has 2 aliphatic heterocycles. The number of fused-ring (bicyclic) bond motifs is 1. The first-order valence-electron chi connectivity index (χ1n) is 13.3. The van der Waals surface area contributed by atoms with Crippen molar-refractivity contribution in [1.29, 1.82) is 0 Å². The van der Waals surface area contributed by atoms with Crippen LogP contribution in [0, 0.1) is 5.92 Å². The fourth-order valence-corrected chi connectivity index (χ4v) is 5.69. The van der Waals surface area contributed by atoms with Crippen LogP contribution in [0.4, 0.5) is 5.69 Å². The maximum atomic E-state index is 13.8. The summed E-state index contributed by atoms with van der Waals surface area (Å²) in [6.07, 6.45) is 1.95. The molecule has 1 saturated heterocycles. The third kappa shape index (κ3) is 4.67. The van der Waals surface area contributed by atoms with Crippen molar-refractivity contribution in [3.63, 3.8) is 0 Å². The van der Waals surface area contributed by atoms with Crippen LogP contribution >= 0.6 is 0 Å². The van der Waals surface area contributed by atoms with Crippen molar-refractivity contribution in [2.75, 3.05) is 31.5 Å². The first-order valence-corrected chi connectivity index (χ1v) is 13.3. The van der Waals surface area contributed by atoms with E-state index in [0.29, 0.717) is 37.4 Å². The molecule has 2 atom stereocenters. The molecule has 0 aromatic heterocycles. The van der Waals surface area contributed by atoms with Crippen molar-refractivity contribution in [2.24, 2.45) is 5.92 Å². The molecular formula is C31H29N3O5. The second-order valence-corrected chi connectivity index (χ2v) is 10.4. The Morgan fingerprint density at radius 2 is 1.44 bits per heavy atom. The summed E-state index contributed by atoms with van der Waals surface area (Å²) >= 11 is 0. The van der Waals surface area contributed by atoms with Crippen molar-refractivity contribution in [3.8, 4) is 0 Å². The summed E-state index contributed by atoms with van der Waals surface area (Å²) in [6, 6.07) is 20.9. The molecule has 8 heteroatoms. The smallest absolute Gasteiger partial charge is 0.336 e. The van der Waals surface area contributed by atoms with E-state index in [4.69, 9.17) is 0 Å². The van der Waals surface area contributed by atoms with Gasteiger partial charge < -0.3 is 20.2 Å². The molecule has 39 heavy (non-hydrogen) atoms. The molecular weight excluding hydrogens is 494 g/mol. The molecule has 2 fully saturated rings. The first kappa shape index (κ1) is 24.9. The molecule has 0 radical (unpaired) electrons. The lowest BCUT2D eigenvalue weighted by Crippen LogP contribution is -2.51. The Bertz CT molecular complexity index is 1440. The number of hydrogen-bond acceptors (Lipinski definition) is 5. The number of anilines is 1. The van der Waals surface area contributed by atoms with Crippen molar-refractivity contribution in [3.05, 3.63) is 101 Å². The van der Waals surface area contributed by atoms with E-state index in [0.717, 1.165) is 24.0 Å². The van der Waals surface area contributed by atoms with Gasteiger partial charge in [-0.1, -0.05) is 48.5 Å². The number of nitrogens with one attached hydrogen (secondary N) is 1. The molecule has 3 aromatic rings. The van der Waals surface area contributed by atoms with Crippen LogP contribution in [0.2, 0.25) is 0 Å². The van der Waals surface area contributed by atoms with Gasteiger partial charge in [0.1, 0.15) is 0 Å². The molecule has 198 valence electrons. The number of carbonyl (C=O) groups excluding carboxylic acids is 3. The summed E-state index contributed by atoms with van der Waals surface area (Å²) in [7, 11) is 0. The average Bonchev–Trinajstić information content (AvgIpc) is 3.82. The fourth-order valence-electron chi connectivity index (χ4n) is 5.69. The number of carboxylic acids is 1. The van der Waals surface area contributed by atoms with Gasteiger partial charge in [-0.2, -0.15) is 0 Å². The zero-order valence-corrected chi connectivity index (χ0v) is 21.4. The van der Waals surface area contributed by atoms with E-state index >= 15 is 0 Å². The van der Waals surface area contributed by atoms with Gasteiger partial charge in [0.15, 0.2) is 5.78 Å². The van der Waals surface area contributed by atoms with Crippen LogP contribution in [-0.2, 0) is 4.79 Å². The number of carboxylic acid groups (broad SMARTS) is 1. The number of aromatic carboxylic acids is 1. The summed E-state index contributed by atoms with van der Waals surface area (Å²) in [5, 5.41) is 13.1. The predicted molar refractivity (Wildman–Crippen MR) is 145 cm³/mol. The normalized spacial score (nSPS) is 20.7. The number of ketones is 1. The van der Waals surface area contributed by atoms with E-state index in [1.807, 2.05) is 47.4 Å². The highest BCUT2D eigenvalue weighted by atomic mass is 16.4. The van der Waals surface area contributed by atoms with Crippen LogP contribution < -0.4 is 5.32 Å². The van der Waals surface area contributed by atoms with Crippen molar-refractivity contribution >= 4 is 29.3 Å².